The molecule has 0 aromatic heterocycles. The van der Waals surface area contributed by atoms with Crippen LogP contribution in [0.5, 0.6) is 0 Å². The number of hydrogen-bond acceptors (Lipinski definition) is 3. The average molecular weight is 217 g/mol. The van der Waals surface area contributed by atoms with Gasteiger partial charge in [0.05, 0.1) is 18.8 Å². The second-order valence-electron chi connectivity index (χ2n) is 4.46. The van der Waals surface area contributed by atoms with Gasteiger partial charge in [-0.2, -0.15) is 0 Å². The van der Waals surface area contributed by atoms with Crippen molar-refractivity contribution in [3.8, 4) is 0 Å². The van der Waals surface area contributed by atoms with E-state index >= 15 is 0 Å². The van der Waals surface area contributed by atoms with Crippen molar-refractivity contribution in [2.75, 3.05) is 20.3 Å². The maximum Gasteiger partial charge on any atom is 0.0783 e. The van der Waals surface area contributed by atoms with E-state index in [1.165, 1.54) is 6.42 Å². The van der Waals surface area contributed by atoms with Crippen molar-refractivity contribution in [1.82, 2.24) is 5.32 Å². The van der Waals surface area contributed by atoms with Crippen molar-refractivity contribution in [2.45, 2.75) is 58.8 Å². The van der Waals surface area contributed by atoms with E-state index in [9.17, 15) is 0 Å². The van der Waals surface area contributed by atoms with Gasteiger partial charge < -0.3 is 14.8 Å². The van der Waals surface area contributed by atoms with Crippen LogP contribution in [-0.4, -0.2) is 38.5 Å². The van der Waals surface area contributed by atoms with Crippen LogP contribution in [0.15, 0.2) is 0 Å². The van der Waals surface area contributed by atoms with E-state index in [4.69, 9.17) is 9.47 Å². The maximum absolute atomic E-state index is 5.74. The van der Waals surface area contributed by atoms with Crippen LogP contribution in [0, 0.1) is 0 Å². The molecule has 0 heterocycles. The quantitative estimate of drug-likeness (QED) is 0.601. The number of nitrogens with one attached hydrogen (secondary N) is 1. The molecule has 0 saturated heterocycles. The molecule has 0 aliphatic carbocycles. The average Bonchev–Trinajstić information content (AvgIpc) is 2.12. The molecule has 0 amide bonds. The molecular weight excluding hydrogens is 190 g/mol. The highest BCUT2D eigenvalue weighted by atomic mass is 16.5. The van der Waals surface area contributed by atoms with Crippen LogP contribution in [0.4, 0.5) is 0 Å². The van der Waals surface area contributed by atoms with Crippen molar-refractivity contribution in [2.24, 2.45) is 0 Å². The van der Waals surface area contributed by atoms with Crippen LogP contribution in [0.25, 0.3) is 0 Å². The van der Waals surface area contributed by atoms with Crippen molar-refractivity contribution < 1.29 is 9.47 Å². The molecular formula is C12H27NO2. The Bertz CT molecular complexity index is 140. The first kappa shape index (κ1) is 14.9. The fraction of sp³-hybridized carbons (Fsp3) is 1.00. The predicted molar refractivity (Wildman–Crippen MR) is 64.3 cm³/mol. The van der Waals surface area contributed by atoms with Crippen LogP contribution in [0.1, 0.15) is 40.5 Å². The lowest BCUT2D eigenvalue weighted by Crippen LogP contribution is -2.26. The minimum absolute atomic E-state index is 0.197. The summed E-state index contributed by atoms with van der Waals surface area (Å²) in [6.45, 7) is 10.3. The second-order valence-corrected chi connectivity index (χ2v) is 4.46. The molecule has 0 aromatic rings. The lowest BCUT2D eigenvalue weighted by atomic mass is 10.2. The van der Waals surface area contributed by atoms with E-state index in [-0.39, 0.29) is 6.10 Å². The molecule has 0 saturated carbocycles. The van der Waals surface area contributed by atoms with Gasteiger partial charge in [0.2, 0.25) is 0 Å². The maximum atomic E-state index is 5.74. The van der Waals surface area contributed by atoms with E-state index in [1.54, 1.807) is 7.11 Å². The molecule has 3 heteroatoms. The van der Waals surface area contributed by atoms with Gasteiger partial charge in [-0.3, -0.25) is 0 Å². The molecule has 92 valence electrons. The summed E-state index contributed by atoms with van der Waals surface area (Å²) in [4.78, 5) is 0. The number of hydrogen-bond donors (Lipinski definition) is 1. The molecule has 15 heavy (non-hydrogen) atoms. The van der Waals surface area contributed by atoms with E-state index in [0.717, 1.165) is 13.0 Å². The Hall–Kier alpha value is -0.120. The van der Waals surface area contributed by atoms with Crippen LogP contribution in [0.2, 0.25) is 0 Å². The minimum atomic E-state index is 0.197. The van der Waals surface area contributed by atoms with Crippen LogP contribution >= 0.6 is 0 Å². The molecule has 0 aromatic carbocycles. The highest BCUT2D eigenvalue weighted by Crippen LogP contribution is 2.05. The largest absolute Gasteiger partial charge is 0.382 e. The minimum Gasteiger partial charge on any atom is -0.382 e. The monoisotopic (exact) mass is 217 g/mol. The lowest BCUT2D eigenvalue weighted by molar-refractivity contribution is -0.0343. The third kappa shape index (κ3) is 10.2. The third-order valence-corrected chi connectivity index (χ3v) is 2.21. The van der Waals surface area contributed by atoms with Crippen LogP contribution < -0.4 is 5.32 Å². The zero-order valence-corrected chi connectivity index (χ0v) is 10.9. The molecule has 2 atom stereocenters. The lowest BCUT2D eigenvalue weighted by Gasteiger charge is -2.18. The van der Waals surface area contributed by atoms with Gasteiger partial charge in [0, 0.05) is 13.2 Å². The van der Waals surface area contributed by atoms with E-state index < -0.39 is 0 Å². The predicted octanol–water partition coefficient (Wildman–Crippen LogP) is 2.20. The Morgan fingerprint density at radius 2 is 1.73 bits per heavy atom. The molecule has 1 N–H and O–H groups in total. The Morgan fingerprint density at radius 1 is 1.07 bits per heavy atom. The second kappa shape index (κ2) is 9.13. The summed E-state index contributed by atoms with van der Waals surface area (Å²) in [6, 6.07) is 0.577. The van der Waals surface area contributed by atoms with E-state index in [0.29, 0.717) is 18.8 Å². The van der Waals surface area contributed by atoms with Gasteiger partial charge in [0.25, 0.3) is 0 Å². The van der Waals surface area contributed by atoms with Crippen molar-refractivity contribution in [3.05, 3.63) is 0 Å². The summed E-state index contributed by atoms with van der Waals surface area (Å²) >= 11 is 0. The van der Waals surface area contributed by atoms with Gasteiger partial charge >= 0.3 is 0 Å². The first-order valence-corrected chi connectivity index (χ1v) is 5.94. The summed E-state index contributed by atoms with van der Waals surface area (Å²) in [5, 5.41) is 3.40. The topological polar surface area (TPSA) is 30.5 Å². The summed E-state index contributed by atoms with van der Waals surface area (Å²) in [6.07, 6.45) is 2.79. The van der Waals surface area contributed by atoms with Crippen LogP contribution in [0.3, 0.4) is 0 Å². The summed E-state index contributed by atoms with van der Waals surface area (Å²) < 4.78 is 10.8. The standard InChI is InChI=1S/C12H27NO2/c1-10(2)13-8-6-7-11(3)15-12(4)9-14-5/h10-13H,6-9H2,1-5H3. The molecule has 0 aliphatic rings. The van der Waals surface area contributed by atoms with Gasteiger partial charge in [-0.25, -0.2) is 0 Å². The number of ether oxygens (including phenoxy) is 2. The molecule has 3 nitrogen and oxygen atoms in total. The highest BCUT2D eigenvalue weighted by Gasteiger charge is 2.07. The number of methoxy groups -OCH3 is 1. The Kier molecular flexibility index (Phi) is 9.06. The smallest absolute Gasteiger partial charge is 0.0783 e. The van der Waals surface area contributed by atoms with Crippen LogP contribution in [-0.2, 0) is 9.47 Å². The van der Waals surface area contributed by atoms with Gasteiger partial charge in [0.1, 0.15) is 0 Å². The highest BCUT2D eigenvalue weighted by molar-refractivity contribution is 4.58. The molecule has 0 aliphatic heterocycles. The molecule has 0 radical (unpaired) electrons. The first-order chi connectivity index (χ1) is 7.06. The summed E-state index contributed by atoms with van der Waals surface area (Å²) in [5.41, 5.74) is 0. The van der Waals surface area contributed by atoms with Gasteiger partial charge in [-0.1, -0.05) is 13.8 Å². The van der Waals surface area contributed by atoms with Crippen molar-refractivity contribution >= 4 is 0 Å². The van der Waals surface area contributed by atoms with Gasteiger partial charge in [-0.15, -0.1) is 0 Å². The molecule has 0 spiro atoms. The molecule has 0 rings (SSSR count). The Morgan fingerprint density at radius 3 is 2.27 bits per heavy atom. The van der Waals surface area contributed by atoms with Gasteiger partial charge in [0.15, 0.2) is 0 Å². The van der Waals surface area contributed by atoms with Gasteiger partial charge in [-0.05, 0) is 33.2 Å². The zero-order chi connectivity index (χ0) is 11.7. The zero-order valence-electron chi connectivity index (χ0n) is 10.9. The normalized spacial score (nSPS) is 15.6. The third-order valence-electron chi connectivity index (χ3n) is 2.21. The summed E-state index contributed by atoms with van der Waals surface area (Å²) in [7, 11) is 1.71. The number of rotatable bonds is 9. The Balaban J connectivity index is 3.36. The fourth-order valence-electron chi connectivity index (χ4n) is 1.52. The van der Waals surface area contributed by atoms with Crippen molar-refractivity contribution in [3.63, 3.8) is 0 Å². The summed E-state index contributed by atoms with van der Waals surface area (Å²) in [5.74, 6) is 0. The van der Waals surface area contributed by atoms with E-state index in [2.05, 4.69) is 26.1 Å². The molecule has 0 fully saturated rings. The van der Waals surface area contributed by atoms with E-state index in [1.807, 2.05) is 6.92 Å². The SMILES string of the molecule is COCC(C)OC(C)CCCNC(C)C. The molecule has 0 bridgehead atoms. The first-order valence-electron chi connectivity index (χ1n) is 5.94. The molecule has 2 unspecified atom stereocenters. The Labute approximate surface area is 94.5 Å². The van der Waals surface area contributed by atoms with Crippen molar-refractivity contribution in [1.29, 1.82) is 0 Å². The fourth-order valence-corrected chi connectivity index (χ4v) is 1.52.